The summed E-state index contributed by atoms with van der Waals surface area (Å²) in [7, 11) is 1.62. The van der Waals surface area contributed by atoms with E-state index in [1.165, 1.54) is 0 Å². The van der Waals surface area contributed by atoms with Crippen LogP contribution in [0.5, 0.6) is 17.2 Å². The molecule has 2 aromatic carbocycles. The summed E-state index contributed by atoms with van der Waals surface area (Å²) in [4.78, 5) is 27.6. The Balaban J connectivity index is 1.35. The molecule has 1 fully saturated rings. The van der Waals surface area contributed by atoms with Crippen LogP contribution in [-0.4, -0.2) is 50.3 Å². The second-order valence-corrected chi connectivity index (χ2v) is 8.41. The van der Waals surface area contributed by atoms with Crippen LogP contribution in [0.1, 0.15) is 25.3 Å². The number of piperidine rings is 1. The van der Waals surface area contributed by atoms with Crippen molar-refractivity contribution in [3.63, 3.8) is 0 Å². The number of methoxy groups -OCH3 is 1. The molecule has 8 nitrogen and oxygen atoms in total. The minimum absolute atomic E-state index is 0.0582. The van der Waals surface area contributed by atoms with Crippen molar-refractivity contribution in [2.45, 2.75) is 26.3 Å². The number of nitrogens with one attached hydrogen (secondary N) is 2. The lowest BCUT2D eigenvalue weighted by molar-refractivity contribution is -0.132. The van der Waals surface area contributed by atoms with Crippen molar-refractivity contribution in [1.29, 1.82) is 0 Å². The molecule has 0 radical (unpaired) electrons. The molecule has 2 N–H and O–H groups in total. The fourth-order valence-corrected chi connectivity index (χ4v) is 4.10. The van der Waals surface area contributed by atoms with Crippen LogP contribution in [-0.2, 0) is 11.3 Å². The van der Waals surface area contributed by atoms with Gasteiger partial charge in [0.15, 0.2) is 11.5 Å². The number of likely N-dealkylation sites (tertiary alicyclic amines) is 1. The van der Waals surface area contributed by atoms with E-state index < -0.39 is 5.41 Å². The van der Waals surface area contributed by atoms with Gasteiger partial charge in [-0.25, -0.2) is 4.79 Å². The summed E-state index contributed by atoms with van der Waals surface area (Å²) in [6, 6.07) is 12.7. The fourth-order valence-electron chi connectivity index (χ4n) is 4.10. The minimum Gasteiger partial charge on any atom is -0.497 e. The molecular weight excluding hydrogens is 410 g/mol. The number of fused-ring (bicyclic) bond motifs is 1. The number of carbonyl (C=O) groups excluding carboxylic acids is 2. The summed E-state index contributed by atoms with van der Waals surface area (Å²) < 4.78 is 16.3. The van der Waals surface area contributed by atoms with Crippen LogP contribution in [0.2, 0.25) is 0 Å². The zero-order valence-corrected chi connectivity index (χ0v) is 18.5. The SMILES string of the molecule is COc1cccc(CNC(=O)C2(C)CCCN(C(=O)Nc3ccc4c(c3)OCCO4)C2)c1. The van der Waals surface area contributed by atoms with Crippen LogP contribution in [0.4, 0.5) is 10.5 Å². The third-order valence-electron chi connectivity index (χ3n) is 5.91. The number of hydrogen-bond acceptors (Lipinski definition) is 5. The zero-order valence-electron chi connectivity index (χ0n) is 18.5. The van der Waals surface area contributed by atoms with Gasteiger partial charge < -0.3 is 29.7 Å². The van der Waals surface area contributed by atoms with Gasteiger partial charge in [-0.3, -0.25) is 4.79 Å². The molecule has 2 aliphatic rings. The number of rotatable bonds is 5. The van der Waals surface area contributed by atoms with E-state index in [1.54, 1.807) is 30.2 Å². The molecule has 0 saturated carbocycles. The molecule has 1 atom stereocenters. The van der Waals surface area contributed by atoms with Gasteiger partial charge in [0.1, 0.15) is 19.0 Å². The average molecular weight is 440 g/mol. The molecule has 170 valence electrons. The van der Waals surface area contributed by atoms with Crippen molar-refractivity contribution < 1.29 is 23.8 Å². The van der Waals surface area contributed by atoms with Crippen LogP contribution < -0.4 is 24.8 Å². The van der Waals surface area contributed by atoms with Gasteiger partial charge in [-0.15, -0.1) is 0 Å². The zero-order chi connectivity index (χ0) is 22.6. The minimum atomic E-state index is -0.652. The number of amides is 3. The van der Waals surface area contributed by atoms with E-state index in [0.29, 0.717) is 50.0 Å². The standard InChI is InChI=1S/C24H29N3O5/c1-24(22(28)25-15-17-5-3-6-19(13-17)30-2)9-4-10-27(16-24)23(29)26-18-7-8-20-21(14-18)32-12-11-31-20/h3,5-8,13-14H,4,9-12,15-16H2,1-2H3,(H,25,28)(H,26,29). The highest BCUT2D eigenvalue weighted by Crippen LogP contribution is 2.34. The van der Waals surface area contributed by atoms with Gasteiger partial charge in [0.25, 0.3) is 0 Å². The summed E-state index contributed by atoms with van der Waals surface area (Å²) in [6.45, 7) is 4.29. The first kappa shape index (κ1) is 21.8. The highest BCUT2D eigenvalue weighted by Gasteiger charge is 2.39. The van der Waals surface area contributed by atoms with Crippen molar-refractivity contribution in [1.82, 2.24) is 10.2 Å². The molecule has 2 heterocycles. The van der Waals surface area contributed by atoms with Gasteiger partial charge in [-0.1, -0.05) is 12.1 Å². The number of carbonyl (C=O) groups is 2. The third kappa shape index (κ3) is 4.90. The topological polar surface area (TPSA) is 89.1 Å². The van der Waals surface area contributed by atoms with Crippen LogP contribution >= 0.6 is 0 Å². The number of benzene rings is 2. The molecule has 32 heavy (non-hydrogen) atoms. The molecule has 0 aliphatic carbocycles. The smallest absolute Gasteiger partial charge is 0.321 e. The Hall–Kier alpha value is -3.42. The van der Waals surface area contributed by atoms with Crippen molar-refractivity contribution in [2.75, 3.05) is 38.7 Å². The Kier molecular flexibility index (Phi) is 6.39. The van der Waals surface area contributed by atoms with E-state index in [9.17, 15) is 9.59 Å². The number of anilines is 1. The van der Waals surface area contributed by atoms with Gasteiger partial charge in [-0.2, -0.15) is 0 Å². The second kappa shape index (κ2) is 9.38. The van der Waals surface area contributed by atoms with Gasteiger partial charge in [0.2, 0.25) is 5.91 Å². The van der Waals surface area contributed by atoms with Crippen molar-refractivity contribution in [3.8, 4) is 17.2 Å². The molecule has 1 unspecified atom stereocenters. The Morgan fingerprint density at radius 1 is 1.12 bits per heavy atom. The molecule has 8 heteroatoms. The van der Waals surface area contributed by atoms with Gasteiger partial charge in [0.05, 0.1) is 12.5 Å². The van der Waals surface area contributed by atoms with E-state index in [2.05, 4.69) is 10.6 Å². The van der Waals surface area contributed by atoms with E-state index in [0.717, 1.165) is 24.2 Å². The molecule has 2 aromatic rings. The Labute approximate surface area is 187 Å². The maximum Gasteiger partial charge on any atom is 0.321 e. The first-order valence-electron chi connectivity index (χ1n) is 10.8. The molecule has 4 rings (SSSR count). The van der Waals surface area contributed by atoms with Crippen molar-refractivity contribution in [3.05, 3.63) is 48.0 Å². The molecule has 0 bridgehead atoms. The number of ether oxygens (including phenoxy) is 3. The molecule has 1 saturated heterocycles. The number of hydrogen-bond donors (Lipinski definition) is 2. The summed E-state index contributed by atoms with van der Waals surface area (Å²) in [5.41, 5.74) is 0.945. The van der Waals surface area contributed by atoms with Crippen molar-refractivity contribution >= 4 is 17.6 Å². The first-order chi connectivity index (χ1) is 15.5. The fraction of sp³-hybridized carbons (Fsp3) is 0.417. The van der Waals surface area contributed by atoms with Gasteiger partial charge in [0, 0.05) is 31.4 Å². The maximum absolute atomic E-state index is 13.0. The Morgan fingerprint density at radius 2 is 1.94 bits per heavy atom. The van der Waals surface area contributed by atoms with E-state index in [4.69, 9.17) is 14.2 Å². The largest absolute Gasteiger partial charge is 0.497 e. The van der Waals surface area contributed by atoms with Crippen LogP contribution in [0, 0.1) is 5.41 Å². The normalized spacial score (nSPS) is 19.8. The summed E-state index contributed by atoms with van der Waals surface area (Å²) in [6.07, 6.45) is 1.49. The number of nitrogens with zero attached hydrogens (tertiary/aromatic N) is 1. The second-order valence-electron chi connectivity index (χ2n) is 8.41. The lowest BCUT2D eigenvalue weighted by atomic mass is 9.81. The quantitative estimate of drug-likeness (QED) is 0.745. The number of urea groups is 1. The lowest BCUT2D eigenvalue weighted by Gasteiger charge is -2.39. The van der Waals surface area contributed by atoms with Crippen LogP contribution in [0.3, 0.4) is 0 Å². The highest BCUT2D eigenvalue weighted by molar-refractivity contribution is 5.91. The third-order valence-corrected chi connectivity index (χ3v) is 5.91. The predicted octanol–water partition coefficient (Wildman–Crippen LogP) is 3.42. The molecular formula is C24H29N3O5. The first-order valence-corrected chi connectivity index (χ1v) is 10.8. The van der Waals surface area contributed by atoms with Gasteiger partial charge >= 0.3 is 6.03 Å². The summed E-state index contributed by atoms with van der Waals surface area (Å²) in [5, 5.41) is 5.94. The molecule has 2 aliphatic heterocycles. The molecule has 0 aromatic heterocycles. The predicted molar refractivity (Wildman–Crippen MR) is 120 cm³/mol. The maximum atomic E-state index is 13.0. The van der Waals surface area contributed by atoms with Crippen LogP contribution in [0.25, 0.3) is 0 Å². The lowest BCUT2D eigenvalue weighted by Crippen LogP contribution is -2.52. The average Bonchev–Trinajstić information content (AvgIpc) is 2.82. The van der Waals surface area contributed by atoms with Crippen LogP contribution in [0.15, 0.2) is 42.5 Å². The molecule has 0 spiro atoms. The monoisotopic (exact) mass is 439 g/mol. The Morgan fingerprint density at radius 3 is 2.75 bits per heavy atom. The summed E-state index contributed by atoms with van der Waals surface area (Å²) >= 11 is 0. The highest BCUT2D eigenvalue weighted by atomic mass is 16.6. The van der Waals surface area contributed by atoms with E-state index in [-0.39, 0.29) is 11.9 Å². The molecule has 3 amide bonds. The van der Waals surface area contributed by atoms with Gasteiger partial charge in [-0.05, 0) is 49.6 Å². The van der Waals surface area contributed by atoms with E-state index in [1.807, 2.05) is 31.2 Å². The Bertz CT molecular complexity index is 995. The van der Waals surface area contributed by atoms with E-state index >= 15 is 0 Å². The summed E-state index contributed by atoms with van der Waals surface area (Å²) in [5.74, 6) is 1.99. The van der Waals surface area contributed by atoms with Crippen molar-refractivity contribution in [2.24, 2.45) is 5.41 Å².